The molecule has 0 spiro atoms. The standard InChI is InChI=1S/C19H26ClN3O3/c1-2-3-11-23-13-15(12-17(23)24)19(26)22-16-7-5-14(6-8-16)18(25)21-10-4-9-20/h5-8,15H,2-4,9-13H2,1H3,(H,21,25)(H,22,26). The fourth-order valence-corrected chi connectivity index (χ4v) is 2.97. The zero-order chi connectivity index (χ0) is 18.9. The van der Waals surface area contributed by atoms with Crippen molar-refractivity contribution < 1.29 is 14.4 Å². The Morgan fingerprint density at radius 2 is 1.96 bits per heavy atom. The molecule has 2 rings (SSSR count). The molecule has 1 aliphatic heterocycles. The van der Waals surface area contributed by atoms with Gasteiger partial charge in [0.1, 0.15) is 0 Å². The third kappa shape index (κ3) is 5.73. The Morgan fingerprint density at radius 3 is 2.62 bits per heavy atom. The van der Waals surface area contributed by atoms with Gasteiger partial charge < -0.3 is 15.5 Å². The molecule has 1 aromatic rings. The van der Waals surface area contributed by atoms with Gasteiger partial charge in [0.2, 0.25) is 11.8 Å². The van der Waals surface area contributed by atoms with Crippen molar-refractivity contribution in [2.24, 2.45) is 5.92 Å². The molecule has 3 amide bonds. The number of amides is 3. The van der Waals surface area contributed by atoms with Crippen LogP contribution in [-0.2, 0) is 9.59 Å². The lowest BCUT2D eigenvalue weighted by atomic mass is 10.1. The van der Waals surface area contributed by atoms with Crippen LogP contribution < -0.4 is 10.6 Å². The number of halogens is 1. The van der Waals surface area contributed by atoms with E-state index in [0.29, 0.717) is 36.8 Å². The van der Waals surface area contributed by atoms with Gasteiger partial charge in [-0.05, 0) is 37.1 Å². The van der Waals surface area contributed by atoms with Crippen LogP contribution in [0.3, 0.4) is 0 Å². The largest absolute Gasteiger partial charge is 0.352 e. The summed E-state index contributed by atoms with van der Waals surface area (Å²) in [6.07, 6.45) is 2.95. The number of carbonyl (C=O) groups excluding carboxylic acids is 3. The number of rotatable bonds is 9. The maximum absolute atomic E-state index is 12.4. The highest BCUT2D eigenvalue weighted by molar-refractivity contribution is 6.17. The van der Waals surface area contributed by atoms with Crippen LogP contribution in [0.2, 0.25) is 0 Å². The van der Waals surface area contributed by atoms with E-state index in [2.05, 4.69) is 17.6 Å². The molecule has 7 heteroatoms. The van der Waals surface area contributed by atoms with Crippen LogP contribution in [-0.4, -0.2) is 48.1 Å². The molecule has 0 radical (unpaired) electrons. The second kappa shape index (κ2) is 10.2. The van der Waals surface area contributed by atoms with Crippen LogP contribution in [0.25, 0.3) is 0 Å². The molecule has 1 heterocycles. The Hall–Kier alpha value is -2.08. The molecule has 1 aromatic carbocycles. The minimum Gasteiger partial charge on any atom is -0.352 e. The normalized spacial score (nSPS) is 16.6. The van der Waals surface area contributed by atoms with Gasteiger partial charge in [0.15, 0.2) is 0 Å². The van der Waals surface area contributed by atoms with Gasteiger partial charge in [0.05, 0.1) is 5.92 Å². The van der Waals surface area contributed by atoms with Crippen molar-refractivity contribution in [3.05, 3.63) is 29.8 Å². The van der Waals surface area contributed by atoms with E-state index >= 15 is 0 Å². The van der Waals surface area contributed by atoms with E-state index in [1.54, 1.807) is 29.2 Å². The average molecular weight is 380 g/mol. The number of benzene rings is 1. The lowest BCUT2D eigenvalue weighted by Gasteiger charge is -2.16. The van der Waals surface area contributed by atoms with Gasteiger partial charge in [0, 0.05) is 43.2 Å². The second-order valence-electron chi connectivity index (χ2n) is 6.46. The molecule has 1 atom stereocenters. The summed E-state index contributed by atoms with van der Waals surface area (Å²) < 4.78 is 0. The van der Waals surface area contributed by atoms with Gasteiger partial charge in [-0.25, -0.2) is 0 Å². The van der Waals surface area contributed by atoms with Crippen molar-refractivity contribution in [3.8, 4) is 0 Å². The van der Waals surface area contributed by atoms with Gasteiger partial charge in [-0.15, -0.1) is 11.6 Å². The summed E-state index contributed by atoms with van der Waals surface area (Å²) >= 11 is 5.58. The number of hydrogen-bond acceptors (Lipinski definition) is 3. The Morgan fingerprint density at radius 1 is 1.23 bits per heavy atom. The number of hydrogen-bond donors (Lipinski definition) is 2. The number of unbranched alkanes of at least 4 members (excludes halogenated alkanes) is 1. The zero-order valence-corrected chi connectivity index (χ0v) is 15.8. The van der Waals surface area contributed by atoms with Crippen molar-refractivity contribution in [2.45, 2.75) is 32.6 Å². The Balaban J connectivity index is 1.85. The average Bonchev–Trinajstić information content (AvgIpc) is 3.01. The first-order chi connectivity index (χ1) is 12.5. The molecule has 1 fully saturated rings. The first kappa shape index (κ1) is 20.2. The molecule has 0 bridgehead atoms. The summed E-state index contributed by atoms with van der Waals surface area (Å²) in [4.78, 5) is 38.1. The monoisotopic (exact) mass is 379 g/mol. The minimum atomic E-state index is -0.321. The van der Waals surface area contributed by atoms with E-state index in [4.69, 9.17) is 11.6 Å². The highest BCUT2D eigenvalue weighted by atomic mass is 35.5. The third-order valence-corrected chi connectivity index (χ3v) is 4.64. The molecule has 0 aliphatic carbocycles. The van der Waals surface area contributed by atoms with E-state index < -0.39 is 0 Å². The van der Waals surface area contributed by atoms with Crippen LogP contribution in [0.4, 0.5) is 5.69 Å². The Labute approximate surface area is 159 Å². The number of nitrogens with zero attached hydrogens (tertiary/aromatic N) is 1. The summed E-state index contributed by atoms with van der Waals surface area (Å²) in [5, 5.41) is 5.61. The fourth-order valence-electron chi connectivity index (χ4n) is 2.83. The SMILES string of the molecule is CCCCN1CC(C(=O)Nc2ccc(C(=O)NCCCCl)cc2)CC1=O. The predicted molar refractivity (Wildman–Crippen MR) is 102 cm³/mol. The van der Waals surface area contributed by atoms with Crippen molar-refractivity contribution >= 4 is 35.0 Å². The van der Waals surface area contributed by atoms with Gasteiger partial charge in [0.25, 0.3) is 5.91 Å². The van der Waals surface area contributed by atoms with Crippen molar-refractivity contribution in [1.82, 2.24) is 10.2 Å². The van der Waals surface area contributed by atoms with Crippen LogP contribution in [0.1, 0.15) is 43.0 Å². The molecule has 0 saturated carbocycles. The van der Waals surface area contributed by atoms with E-state index in [0.717, 1.165) is 19.3 Å². The molecule has 142 valence electrons. The molecule has 0 aromatic heterocycles. The quantitative estimate of drug-likeness (QED) is 0.511. The van der Waals surface area contributed by atoms with Gasteiger partial charge in [-0.2, -0.15) is 0 Å². The molecule has 26 heavy (non-hydrogen) atoms. The highest BCUT2D eigenvalue weighted by Gasteiger charge is 2.33. The van der Waals surface area contributed by atoms with E-state index in [1.165, 1.54) is 0 Å². The number of anilines is 1. The Bertz CT molecular complexity index is 633. The van der Waals surface area contributed by atoms with Crippen molar-refractivity contribution in [2.75, 3.05) is 30.8 Å². The topological polar surface area (TPSA) is 78.5 Å². The summed E-state index contributed by atoms with van der Waals surface area (Å²) in [6, 6.07) is 6.72. The minimum absolute atomic E-state index is 0.0440. The maximum Gasteiger partial charge on any atom is 0.251 e. The maximum atomic E-state index is 12.4. The summed E-state index contributed by atoms with van der Waals surface area (Å²) in [5.74, 6) is -0.0943. The van der Waals surface area contributed by atoms with Crippen LogP contribution in [0, 0.1) is 5.92 Å². The summed E-state index contributed by atoms with van der Waals surface area (Å²) in [7, 11) is 0. The summed E-state index contributed by atoms with van der Waals surface area (Å²) in [6.45, 7) is 3.80. The fraction of sp³-hybridized carbons (Fsp3) is 0.526. The number of carbonyl (C=O) groups is 3. The summed E-state index contributed by atoms with van der Waals surface area (Å²) in [5.41, 5.74) is 1.14. The Kier molecular flexibility index (Phi) is 7.91. The number of alkyl halides is 1. The number of nitrogens with one attached hydrogen (secondary N) is 2. The predicted octanol–water partition coefficient (Wildman–Crippen LogP) is 2.63. The first-order valence-electron chi connectivity index (χ1n) is 9.08. The zero-order valence-electron chi connectivity index (χ0n) is 15.1. The van der Waals surface area contributed by atoms with E-state index in [9.17, 15) is 14.4 Å². The molecule has 6 nitrogen and oxygen atoms in total. The van der Waals surface area contributed by atoms with Gasteiger partial charge >= 0.3 is 0 Å². The molecule has 1 saturated heterocycles. The van der Waals surface area contributed by atoms with E-state index in [-0.39, 0.29) is 30.1 Å². The van der Waals surface area contributed by atoms with Crippen molar-refractivity contribution in [3.63, 3.8) is 0 Å². The lowest BCUT2D eigenvalue weighted by Crippen LogP contribution is -2.29. The first-order valence-corrected chi connectivity index (χ1v) is 9.61. The van der Waals surface area contributed by atoms with Crippen LogP contribution in [0.5, 0.6) is 0 Å². The van der Waals surface area contributed by atoms with Crippen molar-refractivity contribution in [1.29, 1.82) is 0 Å². The van der Waals surface area contributed by atoms with Crippen LogP contribution >= 0.6 is 11.6 Å². The molecular formula is C19H26ClN3O3. The smallest absolute Gasteiger partial charge is 0.251 e. The number of likely N-dealkylation sites (tertiary alicyclic amines) is 1. The van der Waals surface area contributed by atoms with Gasteiger partial charge in [-0.3, -0.25) is 14.4 Å². The third-order valence-electron chi connectivity index (χ3n) is 4.38. The molecular weight excluding hydrogens is 354 g/mol. The lowest BCUT2D eigenvalue weighted by molar-refractivity contribution is -0.128. The highest BCUT2D eigenvalue weighted by Crippen LogP contribution is 2.20. The van der Waals surface area contributed by atoms with E-state index in [1.807, 2.05) is 0 Å². The van der Waals surface area contributed by atoms with Crippen LogP contribution in [0.15, 0.2) is 24.3 Å². The molecule has 1 aliphatic rings. The molecule has 2 N–H and O–H groups in total. The second-order valence-corrected chi connectivity index (χ2v) is 6.84. The van der Waals surface area contributed by atoms with Gasteiger partial charge in [-0.1, -0.05) is 13.3 Å². The molecule has 1 unspecified atom stereocenters.